The van der Waals surface area contributed by atoms with Crippen molar-refractivity contribution in [2.75, 3.05) is 0 Å². The van der Waals surface area contributed by atoms with Gasteiger partial charge in [-0.1, -0.05) is 0 Å². The lowest BCUT2D eigenvalue weighted by atomic mass is 9.99. The van der Waals surface area contributed by atoms with Gasteiger partial charge in [0.05, 0.1) is 5.56 Å². The molecule has 10 heteroatoms. The van der Waals surface area contributed by atoms with Crippen molar-refractivity contribution in [3.8, 4) is 11.5 Å². The van der Waals surface area contributed by atoms with Gasteiger partial charge >= 0.3 is 5.97 Å². The van der Waals surface area contributed by atoms with Gasteiger partial charge in [0.1, 0.15) is 29.8 Å². The maximum atomic E-state index is 11.3. The molecule has 1 aliphatic rings. The standard InChI is InChI=1S/C13H15NO9/c14-11(19)5-3-4(15)1-2-6(5)22-13-9(18)7(16)8(17)10(23-13)12(20)21/h1-3,7-10,13,15-18H,(H2,14,19)(H,20,21)/t7-,8-,9+,10-,13+/m0/s1. The monoisotopic (exact) mass is 329 g/mol. The van der Waals surface area contributed by atoms with Crippen LogP contribution in [0.1, 0.15) is 10.4 Å². The van der Waals surface area contributed by atoms with Crippen LogP contribution in [0.25, 0.3) is 0 Å². The normalized spacial score (nSPS) is 30.7. The van der Waals surface area contributed by atoms with Crippen LogP contribution < -0.4 is 10.5 Å². The highest BCUT2D eigenvalue weighted by atomic mass is 16.7. The molecule has 1 amide bonds. The number of phenols is 1. The number of nitrogens with two attached hydrogens (primary N) is 1. The van der Waals surface area contributed by atoms with Crippen molar-refractivity contribution in [2.24, 2.45) is 5.73 Å². The minimum atomic E-state index is -1.86. The zero-order valence-electron chi connectivity index (χ0n) is 11.6. The van der Waals surface area contributed by atoms with Crippen molar-refractivity contribution in [3.63, 3.8) is 0 Å². The van der Waals surface area contributed by atoms with E-state index in [1.54, 1.807) is 0 Å². The number of aliphatic hydroxyl groups is 3. The molecule has 10 nitrogen and oxygen atoms in total. The van der Waals surface area contributed by atoms with E-state index in [0.29, 0.717) is 0 Å². The molecule has 0 spiro atoms. The number of hydrogen-bond donors (Lipinski definition) is 6. The highest BCUT2D eigenvalue weighted by molar-refractivity contribution is 5.96. The summed E-state index contributed by atoms with van der Waals surface area (Å²) in [5.41, 5.74) is 4.89. The lowest BCUT2D eigenvalue weighted by molar-refractivity contribution is -0.271. The number of benzene rings is 1. The summed E-state index contributed by atoms with van der Waals surface area (Å²) in [5.74, 6) is -2.99. The Balaban J connectivity index is 2.28. The summed E-state index contributed by atoms with van der Waals surface area (Å²) in [7, 11) is 0. The fourth-order valence-corrected chi connectivity index (χ4v) is 2.09. The number of phenolic OH excluding ortho intramolecular Hbond substituents is 1. The fraction of sp³-hybridized carbons (Fsp3) is 0.385. The van der Waals surface area contributed by atoms with Crippen molar-refractivity contribution < 1.29 is 44.6 Å². The van der Waals surface area contributed by atoms with Gasteiger partial charge in [0.2, 0.25) is 6.29 Å². The Morgan fingerprint density at radius 3 is 2.35 bits per heavy atom. The smallest absolute Gasteiger partial charge is 0.335 e. The number of carbonyl (C=O) groups excluding carboxylic acids is 1. The van der Waals surface area contributed by atoms with Crippen LogP contribution in [-0.4, -0.2) is 68.1 Å². The van der Waals surface area contributed by atoms with Crippen LogP contribution in [0.15, 0.2) is 18.2 Å². The number of ether oxygens (including phenoxy) is 2. The highest BCUT2D eigenvalue weighted by Crippen LogP contribution is 2.28. The number of aliphatic hydroxyl groups excluding tert-OH is 3. The second-order valence-electron chi connectivity index (χ2n) is 4.90. The topological polar surface area (TPSA) is 180 Å². The van der Waals surface area contributed by atoms with Gasteiger partial charge in [0, 0.05) is 0 Å². The quantitative estimate of drug-likeness (QED) is 0.356. The number of aliphatic carboxylic acids is 1. The molecule has 2 rings (SSSR count). The van der Waals surface area contributed by atoms with Gasteiger partial charge in [-0.25, -0.2) is 4.79 Å². The molecule has 0 bridgehead atoms. The molecule has 1 saturated heterocycles. The van der Waals surface area contributed by atoms with Crippen LogP contribution in [0, 0.1) is 0 Å². The van der Waals surface area contributed by atoms with E-state index in [0.717, 1.165) is 18.2 Å². The van der Waals surface area contributed by atoms with Crippen LogP contribution in [0.4, 0.5) is 0 Å². The van der Waals surface area contributed by atoms with E-state index >= 15 is 0 Å². The Bertz CT molecular complexity index is 619. The summed E-state index contributed by atoms with van der Waals surface area (Å²) in [6, 6.07) is 3.32. The predicted molar refractivity (Wildman–Crippen MR) is 71.6 cm³/mol. The average Bonchev–Trinajstić information content (AvgIpc) is 2.48. The largest absolute Gasteiger partial charge is 0.508 e. The number of carboxylic acids is 1. The molecule has 1 aliphatic heterocycles. The summed E-state index contributed by atoms with van der Waals surface area (Å²) in [5, 5.41) is 47.4. The van der Waals surface area contributed by atoms with E-state index < -0.39 is 42.6 Å². The molecule has 5 atom stereocenters. The molecule has 1 fully saturated rings. The van der Waals surface area contributed by atoms with Crippen LogP contribution in [0.2, 0.25) is 0 Å². The van der Waals surface area contributed by atoms with Crippen molar-refractivity contribution in [2.45, 2.75) is 30.7 Å². The van der Waals surface area contributed by atoms with Gasteiger partial charge in [0.15, 0.2) is 6.10 Å². The van der Waals surface area contributed by atoms with Gasteiger partial charge in [-0.3, -0.25) is 4.79 Å². The SMILES string of the molecule is NC(=O)c1cc(O)ccc1O[C@@H]1O[C@H](C(=O)O)[C@@H](O)[C@H](O)[C@H]1O. The van der Waals surface area contributed by atoms with Crippen molar-refractivity contribution in [3.05, 3.63) is 23.8 Å². The van der Waals surface area contributed by atoms with E-state index in [9.17, 15) is 30.0 Å². The van der Waals surface area contributed by atoms with Crippen molar-refractivity contribution in [1.82, 2.24) is 0 Å². The number of hydrogen-bond acceptors (Lipinski definition) is 8. The van der Waals surface area contributed by atoms with Crippen molar-refractivity contribution >= 4 is 11.9 Å². The van der Waals surface area contributed by atoms with Gasteiger partial charge in [-0.15, -0.1) is 0 Å². The number of rotatable bonds is 4. The number of primary amides is 1. The third-order valence-corrected chi connectivity index (χ3v) is 3.28. The number of amides is 1. The molecule has 1 heterocycles. The maximum Gasteiger partial charge on any atom is 0.335 e. The Kier molecular flexibility index (Phi) is 4.71. The summed E-state index contributed by atoms with van der Waals surface area (Å²) >= 11 is 0. The third-order valence-electron chi connectivity index (χ3n) is 3.28. The average molecular weight is 329 g/mol. The zero-order valence-corrected chi connectivity index (χ0v) is 11.6. The lowest BCUT2D eigenvalue weighted by Gasteiger charge is -2.38. The molecule has 23 heavy (non-hydrogen) atoms. The molecule has 7 N–H and O–H groups in total. The van der Waals surface area contributed by atoms with E-state index in [-0.39, 0.29) is 17.1 Å². The first kappa shape index (κ1) is 17.0. The lowest BCUT2D eigenvalue weighted by Crippen LogP contribution is -2.61. The molecular formula is C13H15NO9. The van der Waals surface area contributed by atoms with E-state index in [4.69, 9.17) is 20.3 Å². The molecule has 0 aliphatic carbocycles. The first-order chi connectivity index (χ1) is 10.7. The van der Waals surface area contributed by atoms with Crippen LogP contribution in [0.3, 0.4) is 0 Å². The molecule has 0 saturated carbocycles. The molecule has 0 aromatic heterocycles. The Hall–Kier alpha value is -2.40. The Morgan fingerprint density at radius 1 is 1.13 bits per heavy atom. The minimum Gasteiger partial charge on any atom is -0.508 e. The van der Waals surface area contributed by atoms with Gasteiger partial charge < -0.3 is 40.7 Å². The second kappa shape index (κ2) is 6.38. The van der Waals surface area contributed by atoms with Crippen LogP contribution in [-0.2, 0) is 9.53 Å². The van der Waals surface area contributed by atoms with E-state index in [1.165, 1.54) is 0 Å². The van der Waals surface area contributed by atoms with E-state index in [1.807, 2.05) is 0 Å². The van der Waals surface area contributed by atoms with Crippen LogP contribution in [0.5, 0.6) is 11.5 Å². The van der Waals surface area contributed by atoms with Gasteiger partial charge in [0.25, 0.3) is 5.91 Å². The summed E-state index contributed by atoms with van der Waals surface area (Å²) < 4.78 is 10.1. The first-order valence-corrected chi connectivity index (χ1v) is 6.44. The Labute approximate surface area is 129 Å². The zero-order chi connectivity index (χ0) is 17.3. The van der Waals surface area contributed by atoms with Gasteiger partial charge in [-0.05, 0) is 18.2 Å². The molecule has 126 valence electrons. The molecule has 1 aromatic rings. The fourth-order valence-electron chi connectivity index (χ4n) is 2.09. The number of carbonyl (C=O) groups is 2. The van der Waals surface area contributed by atoms with Crippen LogP contribution >= 0.6 is 0 Å². The molecular weight excluding hydrogens is 314 g/mol. The molecule has 1 aromatic carbocycles. The predicted octanol–water partition coefficient (Wildman–Crippen LogP) is -2.24. The second-order valence-corrected chi connectivity index (χ2v) is 4.90. The third kappa shape index (κ3) is 3.35. The summed E-state index contributed by atoms with van der Waals surface area (Å²) in [6.45, 7) is 0. The minimum absolute atomic E-state index is 0.202. The number of carboxylic acid groups (broad SMARTS) is 1. The first-order valence-electron chi connectivity index (χ1n) is 6.44. The van der Waals surface area contributed by atoms with Crippen molar-refractivity contribution in [1.29, 1.82) is 0 Å². The highest BCUT2D eigenvalue weighted by Gasteiger charge is 2.48. The molecule has 0 radical (unpaired) electrons. The van der Waals surface area contributed by atoms with E-state index in [2.05, 4.69) is 0 Å². The Morgan fingerprint density at radius 2 is 1.78 bits per heavy atom. The number of aromatic hydroxyl groups is 1. The summed E-state index contributed by atoms with van der Waals surface area (Å²) in [4.78, 5) is 22.3. The maximum absolute atomic E-state index is 11.3. The van der Waals surface area contributed by atoms with Gasteiger partial charge in [-0.2, -0.15) is 0 Å². The summed E-state index contributed by atoms with van der Waals surface area (Å²) in [6.07, 6.45) is -9.01. The molecule has 0 unspecified atom stereocenters.